The lowest BCUT2D eigenvalue weighted by Gasteiger charge is -2.28. The number of carbonyl (C=O) groups is 1. The molecule has 0 saturated carbocycles. The van der Waals surface area contributed by atoms with Crippen LogP contribution in [0.5, 0.6) is 0 Å². The molecule has 1 atom stereocenters. The monoisotopic (exact) mass is 391 g/mol. The summed E-state index contributed by atoms with van der Waals surface area (Å²) in [5.74, 6) is -0.112. The summed E-state index contributed by atoms with van der Waals surface area (Å²) < 4.78 is 1.41. The molecule has 2 aromatic rings. The smallest absolute Gasteiger partial charge is 0.306 e. The molecule has 1 unspecified atom stereocenters. The number of rotatable bonds is 8. The van der Waals surface area contributed by atoms with Crippen molar-refractivity contribution in [2.24, 2.45) is 0 Å². The second kappa shape index (κ2) is 8.96. The molecule has 0 spiro atoms. The number of halogens is 1. The van der Waals surface area contributed by atoms with Gasteiger partial charge in [0.25, 0.3) is 0 Å². The third kappa shape index (κ3) is 5.27. The maximum absolute atomic E-state index is 12.2. The number of nitro groups is 1. The Bertz CT molecular complexity index is 804. The first-order valence-electron chi connectivity index (χ1n) is 8.96. The normalized spacial score (nSPS) is 15.6. The number of nitrogens with one attached hydrogen (secondary N) is 1. The summed E-state index contributed by atoms with van der Waals surface area (Å²) >= 11 is 6.14. The van der Waals surface area contributed by atoms with Crippen LogP contribution in [0.15, 0.2) is 36.7 Å². The zero-order chi connectivity index (χ0) is 19.2. The van der Waals surface area contributed by atoms with E-state index in [0.29, 0.717) is 18.1 Å². The molecule has 0 radical (unpaired) electrons. The van der Waals surface area contributed by atoms with Crippen molar-refractivity contribution in [2.75, 3.05) is 19.6 Å². The summed E-state index contributed by atoms with van der Waals surface area (Å²) in [4.78, 5) is 24.8. The van der Waals surface area contributed by atoms with Gasteiger partial charge in [-0.25, -0.2) is 0 Å². The average Bonchev–Trinajstić information content (AvgIpc) is 3.32. The second-order valence-corrected chi connectivity index (χ2v) is 7.02. The highest BCUT2D eigenvalue weighted by Crippen LogP contribution is 2.26. The molecule has 0 aliphatic carbocycles. The van der Waals surface area contributed by atoms with Crippen molar-refractivity contribution in [1.29, 1.82) is 0 Å². The molecule has 27 heavy (non-hydrogen) atoms. The molecular formula is C18H22ClN5O3. The van der Waals surface area contributed by atoms with Gasteiger partial charge in [0, 0.05) is 24.5 Å². The van der Waals surface area contributed by atoms with Crippen LogP contribution < -0.4 is 5.32 Å². The Balaban J connectivity index is 1.56. The number of aromatic nitrogens is 2. The molecule has 1 fully saturated rings. The SMILES string of the molecule is O=C(CCn1cc([N+](=O)[O-])cn1)NCC(c1cccc(Cl)c1)N1CCCC1. The van der Waals surface area contributed by atoms with Crippen LogP contribution in [0.25, 0.3) is 0 Å². The van der Waals surface area contributed by atoms with Crippen molar-refractivity contribution in [1.82, 2.24) is 20.0 Å². The maximum Gasteiger partial charge on any atom is 0.306 e. The molecule has 1 aliphatic heterocycles. The number of nitrogens with zero attached hydrogens (tertiary/aromatic N) is 4. The molecule has 8 nitrogen and oxygen atoms in total. The zero-order valence-corrected chi connectivity index (χ0v) is 15.6. The predicted molar refractivity (Wildman–Crippen MR) is 102 cm³/mol. The Morgan fingerprint density at radius 2 is 2.15 bits per heavy atom. The lowest BCUT2D eigenvalue weighted by molar-refractivity contribution is -0.385. The summed E-state index contributed by atoms with van der Waals surface area (Å²) in [6.45, 7) is 2.80. The molecule has 9 heteroatoms. The van der Waals surface area contributed by atoms with Gasteiger partial charge in [-0.05, 0) is 43.6 Å². The number of benzene rings is 1. The maximum atomic E-state index is 12.2. The van der Waals surface area contributed by atoms with E-state index in [9.17, 15) is 14.9 Å². The van der Waals surface area contributed by atoms with E-state index in [0.717, 1.165) is 31.5 Å². The first kappa shape index (κ1) is 19.3. The Morgan fingerprint density at radius 3 is 2.81 bits per heavy atom. The third-order valence-electron chi connectivity index (χ3n) is 4.71. The van der Waals surface area contributed by atoms with Crippen molar-refractivity contribution in [2.45, 2.75) is 31.8 Å². The third-order valence-corrected chi connectivity index (χ3v) is 4.94. The Kier molecular flexibility index (Phi) is 6.41. The van der Waals surface area contributed by atoms with Gasteiger partial charge in [0.05, 0.1) is 11.0 Å². The van der Waals surface area contributed by atoms with Gasteiger partial charge in [-0.3, -0.25) is 24.5 Å². The summed E-state index contributed by atoms with van der Waals surface area (Å²) in [6, 6.07) is 7.82. The Morgan fingerprint density at radius 1 is 1.37 bits per heavy atom. The lowest BCUT2D eigenvalue weighted by atomic mass is 10.1. The van der Waals surface area contributed by atoms with E-state index in [1.54, 1.807) is 0 Å². The first-order chi connectivity index (χ1) is 13.0. The lowest BCUT2D eigenvalue weighted by Crippen LogP contribution is -2.37. The van der Waals surface area contributed by atoms with Gasteiger partial charge in [-0.1, -0.05) is 23.7 Å². The Labute approximate surface area is 162 Å². The summed E-state index contributed by atoms with van der Waals surface area (Å²) in [5, 5.41) is 18.2. The number of carbonyl (C=O) groups excluding carboxylic acids is 1. The van der Waals surface area contributed by atoms with E-state index in [4.69, 9.17) is 11.6 Å². The number of likely N-dealkylation sites (tertiary alicyclic amines) is 1. The molecule has 0 bridgehead atoms. The molecule has 1 aromatic heterocycles. The van der Waals surface area contributed by atoms with Gasteiger partial charge in [-0.15, -0.1) is 0 Å². The molecule has 1 amide bonds. The van der Waals surface area contributed by atoms with E-state index in [1.807, 2.05) is 24.3 Å². The van der Waals surface area contributed by atoms with Crippen molar-refractivity contribution in [3.63, 3.8) is 0 Å². The predicted octanol–water partition coefficient (Wildman–Crippen LogP) is 2.79. The molecule has 144 valence electrons. The van der Waals surface area contributed by atoms with Crippen LogP contribution in [-0.4, -0.2) is 45.1 Å². The van der Waals surface area contributed by atoms with E-state index < -0.39 is 4.92 Å². The van der Waals surface area contributed by atoms with Crippen LogP contribution in [-0.2, 0) is 11.3 Å². The first-order valence-corrected chi connectivity index (χ1v) is 9.34. The van der Waals surface area contributed by atoms with E-state index in [1.165, 1.54) is 17.1 Å². The largest absolute Gasteiger partial charge is 0.354 e. The number of aryl methyl sites for hydroxylation is 1. The quantitative estimate of drug-likeness (QED) is 0.551. The van der Waals surface area contributed by atoms with Gasteiger partial charge in [0.2, 0.25) is 5.91 Å². The highest BCUT2D eigenvalue weighted by Gasteiger charge is 2.24. The van der Waals surface area contributed by atoms with Crippen LogP contribution in [0.3, 0.4) is 0 Å². The van der Waals surface area contributed by atoms with Gasteiger partial charge in [0.15, 0.2) is 0 Å². The number of hydrogen-bond acceptors (Lipinski definition) is 5. The van der Waals surface area contributed by atoms with Crippen LogP contribution in [0.2, 0.25) is 5.02 Å². The van der Waals surface area contributed by atoms with Gasteiger partial charge in [-0.2, -0.15) is 5.10 Å². The van der Waals surface area contributed by atoms with Crippen LogP contribution >= 0.6 is 11.6 Å². The van der Waals surface area contributed by atoms with Crippen molar-refractivity contribution >= 4 is 23.2 Å². The minimum Gasteiger partial charge on any atom is -0.354 e. The fourth-order valence-electron chi connectivity index (χ4n) is 3.31. The second-order valence-electron chi connectivity index (χ2n) is 6.59. The van der Waals surface area contributed by atoms with Gasteiger partial charge in [0.1, 0.15) is 12.4 Å². The van der Waals surface area contributed by atoms with E-state index in [-0.39, 0.29) is 24.1 Å². The fourth-order valence-corrected chi connectivity index (χ4v) is 3.51. The molecule has 1 saturated heterocycles. The highest BCUT2D eigenvalue weighted by molar-refractivity contribution is 6.30. The topological polar surface area (TPSA) is 93.3 Å². The summed E-state index contributed by atoms with van der Waals surface area (Å²) in [5.41, 5.74) is 1.01. The van der Waals surface area contributed by atoms with E-state index in [2.05, 4.69) is 15.3 Å². The zero-order valence-electron chi connectivity index (χ0n) is 14.9. The van der Waals surface area contributed by atoms with Gasteiger partial charge < -0.3 is 5.32 Å². The molecule has 3 rings (SSSR count). The minimum absolute atomic E-state index is 0.0783. The molecular weight excluding hydrogens is 370 g/mol. The molecule has 2 heterocycles. The Hall–Kier alpha value is -2.45. The number of hydrogen-bond donors (Lipinski definition) is 1. The van der Waals surface area contributed by atoms with Crippen molar-refractivity contribution in [3.8, 4) is 0 Å². The van der Waals surface area contributed by atoms with Gasteiger partial charge >= 0.3 is 5.69 Å². The van der Waals surface area contributed by atoms with Crippen LogP contribution in [0, 0.1) is 10.1 Å². The average molecular weight is 392 g/mol. The van der Waals surface area contributed by atoms with E-state index >= 15 is 0 Å². The molecule has 1 aliphatic rings. The fraction of sp³-hybridized carbons (Fsp3) is 0.444. The van der Waals surface area contributed by atoms with Crippen LogP contribution in [0.4, 0.5) is 5.69 Å². The molecule has 1 N–H and O–H groups in total. The highest BCUT2D eigenvalue weighted by atomic mass is 35.5. The van der Waals surface area contributed by atoms with Crippen molar-refractivity contribution < 1.29 is 9.72 Å². The number of amides is 1. The standard InChI is InChI=1S/C18H22ClN5O3/c19-15-5-3-4-14(10-15)17(22-7-1-2-8-22)12-20-18(25)6-9-23-13-16(11-21-23)24(26)27/h3-5,10-11,13,17H,1-2,6-9,12H2,(H,20,25). The van der Waals surface area contributed by atoms with Crippen molar-refractivity contribution in [3.05, 3.63) is 57.4 Å². The minimum atomic E-state index is -0.505. The summed E-state index contributed by atoms with van der Waals surface area (Å²) in [6.07, 6.45) is 5.03. The molecule has 1 aromatic carbocycles. The summed E-state index contributed by atoms with van der Waals surface area (Å²) in [7, 11) is 0. The van der Waals surface area contributed by atoms with Crippen LogP contribution in [0.1, 0.15) is 30.9 Å².